The number of amides is 3. The molecule has 4 atom stereocenters. The molecule has 5 rings (SSSR count). The van der Waals surface area contributed by atoms with Crippen LogP contribution in [0.1, 0.15) is 63.9 Å². The van der Waals surface area contributed by atoms with Crippen LogP contribution >= 0.6 is 0 Å². The van der Waals surface area contributed by atoms with Gasteiger partial charge in [0.25, 0.3) is 0 Å². The topological polar surface area (TPSA) is 129 Å². The second-order valence-electron chi connectivity index (χ2n) is 12.9. The summed E-state index contributed by atoms with van der Waals surface area (Å²) in [6.07, 6.45) is 9.33. The molecule has 0 bridgehead atoms. The molecule has 3 amide bonds. The lowest BCUT2D eigenvalue weighted by Gasteiger charge is -2.37. The zero-order chi connectivity index (χ0) is 34.9. The number of benzene rings is 1. The second kappa shape index (κ2) is 16.9. The van der Waals surface area contributed by atoms with Crippen molar-refractivity contribution in [3.8, 4) is 17.4 Å². The normalized spacial score (nSPS) is 21.9. The fraction of sp³-hybridized carbons (Fsp3) is 0.568. The van der Waals surface area contributed by atoms with Crippen molar-refractivity contribution in [2.24, 2.45) is 5.92 Å². The highest BCUT2D eigenvalue weighted by atomic mass is 16.5. The lowest BCUT2D eigenvalue weighted by Crippen LogP contribution is -2.58. The minimum Gasteiger partial charge on any atom is -0.496 e. The molecule has 3 fully saturated rings. The Hall–Kier alpha value is -4.32. The van der Waals surface area contributed by atoms with Crippen LogP contribution in [0.5, 0.6) is 17.4 Å². The molecule has 2 aliphatic heterocycles. The number of carbonyl (C=O) groups excluding carboxylic acids is 3. The van der Waals surface area contributed by atoms with Gasteiger partial charge in [-0.1, -0.05) is 38.0 Å². The number of fused-ring (bicyclic) bond motifs is 1. The van der Waals surface area contributed by atoms with Gasteiger partial charge >= 0.3 is 12.0 Å². The Morgan fingerprint density at radius 3 is 2.51 bits per heavy atom. The lowest BCUT2D eigenvalue weighted by molar-refractivity contribution is -0.152. The zero-order valence-electron chi connectivity index (χ0n) is 29.0. The number of hydrogen-bond acceptors (Lipinski definition) is 9. The summed E-state index contributed by atoms with van der Waals surface area (Å²) in [4.78, 5) is 49.3. The maximum atomic E-state index is 14.5. The Bertz CT molecular complexity index is 1510. The summed E-state index contributed by atoms with van der Waals surface area (Å²) < 4.78 is 28.9. The number of methoxy groups -OCH3 is 2. The molecule has 1 aromatic carbocycles. The Balaban J connectivity index is 1.41. The summed E-state index contributed by atoms with van der Waals surface area (Å²) in [5.41, 5.74) is 1.37. The average molecular weight is 679 g/mol. The van der Waals surface area contributed by atoms with Crippen LogP contribution in [-0.2, 0) is 19.1 Å². The highest BCUT2D eigenvalue weighted by molar-refractivity contribution is 5.92. The minimum absolute atomic E-state index is 0.0498. The molecule has 0 radical (unpaired) electrons. The first-order chi connectivity index (χ1) is 23.8. The van der Waals surface area contributed by atoms with Gasteiger partial charge < -0.3 is 38.8 Å². The van der Waals surface area contributed by atoms with E-state index in [9.17, 15) is 14.4 Å². The number of urea groups is 1. The van der Waals surface area contributed by atoms with Crippen LogP contribution in [0.15, 0.2) is 37.4 Å². The first-order valence-electron chi connectivity index (χ1n) is 17.4. The van der Waals surface area contributed by atoms with Gasteiger partial charge in [0.1, 0.15) is 29.7 Å². The Morgan fingerprint density at radius 2 is 1.82 bits per heavy atom. The van der Waals surface area contributed by atoms with Crippen LogP contribution in [0.2, 0.25) is 0 Å². The molecular formula is C37H50N4O8. The molecule has 266 valence electrons. The van der Waals surface area contributed by atoms with Crippen molar-refractivity contribution in [1.82, 2.24) is 20.1 Å². The number of nitrogens with one attached hydrogen (secondary N) is 1. The predicted molar refractivity (Wildman–Crippen MR) is 186 cm³/mol. The van der Waals surface area contributed by atoms with Crippen molar-refractivity contribution in [3.63, 3.8) is 0 Å². The van der Waals surface area contributed by atoms with E-state index in [1.54, 1.807) is 36.3 Å². The van der Waals surface area contributed by atoms with E-state index in [-0.39, 0.29) is 36.9 Å². The number of pyridine rings is 1. The van der Waals surface area contributed by atoms with Gasteiger partial charge in [-0.2, -0.15) is 0 Å². The monoisotopic (exact) mass is 678 g/mol. The third kappa shape index (κ3) is 8.46. The molecule has 1 aromatic heterocycles. The van der Waals surface area contributed by atoms with Gasteiger partial charge in [-0.3, -0.25) is 4.79 Å². The van der Waals surface area contributed by atoms with E-state index < -0.39 is 24.2 Å². The van der Waals surface area contributed by atoms with E-state index in [4.69, 9.17) is 23.7 Å². The third-order valence-corrected chi connectivity index (χ3v) is 9.70. The largest absolute Gasteiger partial charge is 0.496 e. The molecule has 3 aliphatic rings. The van der Waals surface area contributed by atoms with Gasteiger partial charge in [-0.05, 0) is 44.6 Å². The van der Waals surface area contributed by atoms with Gasteiger partial charge in [0.05, 0.1) is 45.6 Å². The van der Waals surface area contributed by atoms with Gasteiger partial charge in [-0.15, -0.1) is 6.58 Å². The van der Waals surface area contributed by atoms with Crippen molar-refractivity contribution in [1.29, 1.82) is 0 Å². The summed E-state index contributed by atoms with van der Waals surface area (Å²) in [5, 5.41) is 3.81. The highest BCUT2D eigenvalue weighted by Gasteiger charge is 2.46. The van der Waals surface area contributed by atoms with Gasteiger partial charge in [-0.25, -0.2) is 14.6 Å². The summed E-state index contributed by atoms with van der Waals surface area (Å²) in [7, 11) is 2.90. The molecular weight excluding hydrogens is 628 g/mol. The van der Waals surface area contributed by atoms with Crippen molar-refractivity contribution >= 4 is 34.9 Å². The van der Waals surface area contributed by atoms with Crippen molar-refractivity contribution in [2.75, 3.05) is 47.1 Å². The van der Waals surface area contributed by atoms with E-state index in [1.807, 2.05) is 13.0 Å². The first kappa shape index (κ1) is 36.0. The summed E-state index contributed by atoms with van der Waals surface area (Å²) in [5.74, 6) is 0.608. The van der Waals surface area contributed by atoms with E-state index in [1.165, 1.54) is 12.0 Å². The van der Waals surface area contributed by atoms with Gasteiger partial charge in [0, 0.05) is 42.6 Å². The lowest BCUT2D eigenvalue weighted by atomic mass is 9.83. The quantitative estimate of drug-likeness (QED) is 0.227. The zero-order valence-corrected chi connectivity index (χ0v) is 29.0. The SMILES string of the molecule is C=CCO[C@H]1CCCN(C(=O)N[C@H](C(=O)N2C[C@H](Oc3cc(OCC)nc4cc(OC)c(C=C)cc34)C[C@H]2C(=O)OC)C2CCCCC2)C1. The van der Waals surface area contributed by atoms with E-state index in [2.05, 4.69) is 23.5 Å². The first-order valence-corrected chi connectivity index (χ1v) is 17.4. The number of aromatic nitrogens is 1. The Kier molecular flexibility index (Phi) is 12.4. The summed E-state index contributed by atoms with van der Waals surface area (Å²) in [6, 6.07) is 3.45. The molecule has 1 aliphatic carbocycles. The number of piperidine rings is 1. The molecule has 1 N–H and O–H groups in total. The number of hydrogen-bond donors (Lipinski definition) is 1. The molecule has 0 spiro atoms. The number of carbonyl (C=O) groups is 3. The highest BCUT2D eigenvalue weighted by Crippen LogP contribution is 2.37. The molecule has 12 heteroatoms. The van der Waals surface area contributed by atoms with E-state index >= 15 is 0 Å². The predicted octanol–water partition coefficient (Wildman–Crippen LogP) is 5.13. The molecule has 2 saturated heterocycles. The minimum atomic E-state index is -0.875. The number of rotatable bonds is 13. The molecule has 2 aromatic rings. The second-order valence-corrected chi connectivity index (χ2v) is 12.9. The van der Waals surface area contributed by atoms with Crippen molar-refractivity contribution < 1.29 is 38.1 Å². The fourth-order valence-corrected chi connectivity index (χ4v) is 7.25. The summed E-state index contributed by atoms with van der Waals surface area (Å²) >= 11 is 0. The fourth-order valence-electron chi connectivity index (χ4n) is 7.25. The van der Waals surface area contributed by atoms with E-state index in [0.29, 0.717) is 54.6 Å². The molecule has 12 nitrogen and oxygen atoms in total. The standard InChI is InChI=1S/C37H50N4O8/c1-6-17-48-26-15-12-16-40(22-26)37(44)39-34(25-13-10-9-11-14-25)35(42)41-23-27(19-30(41)36(43)46-5)49-32-21-33(47-8-3)38-29-20-31(45-4)24(7-2)18-28(29)32/h6-7,18,20-21,25-27,30,34H,1-2,8-17,19,22-23H2,3-5H3,(H,39,44)/t26-,27+,30-,34-/m0/s1. The maximum absolute atomic E-state index is 14.5. The van der Waals surface area contributed by atoms with Crippen LogP contribution < -0.4 is 19.5 Å². The Morgan fingerprint density at radius 1 is 1.02 bits per heavy atom. The van der Waals surface area contributed by atoms with Crippen LogP contribution in [-0.4, -0.2) is 104 Å². The van der Waals surface area contributed by atoms with Crippen molar-refractivity contribution in [2.45, 2.75) is 82.6 Å². The summed E-state index contributed by atoms with van der Waals surface area (Å²) in [6.45, 7) is 11.5. The van der Waals surface area contributed by atoms with Crippen LogP contribution in [0.25, 0.3) is 17.0 Å². The van der Waals surface area contributed by atoms with Gasteiger partial charge in [0.15, 0.2) is 0 Å². The van der Waals surface area contributed by atoms with Crippen LogP contribution in [0, 0.1) is 5.92 Å². The average Bonchev–Trinajstić information content (AvgIpc) is 3.56. The number of esters is 1. The van der Waals surface area contributed by atoms with Crippen molar-refractivity contribution in [3.05, 3.63) is 43.0 Å². The molecule has 3 heterocycles. The molecule has 49 heavy (non-hydrogen) atoms. The number of ether oxygens (including phenoxy) is 5. The molecule has 0 unspecified atom stereocenters. The van der Waals surface area contributed by atoms with Crippen LogP contribution in [0.4, 0.5) is 4.79 Å². The van der Waals surface area contributed by atoms with Gasteiger partial charge in [0.2, 0.25) is 11.8 Å². The van der Waals surface area contributed by atoms with Crippen LogP contribution in [0.3, 0.4) is 0 Å². The number of nitrogens with zero attached hydrogens (tertiary/aromatic N) is 3. The third-order valence-electron chi connectivity index (χ3n) is 9.70. The number of likely N-dealkylation sites (tertiary alicyclic amines) is 2. The molecule has 1 saturated carbocycles. The maximum Gasteiger partial charge on any atom is 0.328 e. The smallest absolute Gasteiger partial charge is 0.328 e. The Labute approximate surface area is 288 Å². The van der Waals surface area contributed by atoms with E-state index in [0.717, 1.165) is 50.5 Å².